The van der Waals surface area contributed by atoms with Gasteiger partial charge in [-0.05, 0) is 62.3 Å². The maximum atomic E-state index is 6.28. The fraction of sp³-hybridized carbons (Fsp3) is 0.400. The summed E-state index contributed by atoms with van der Waals surface area (Å²) in [5.41, 5.74) is 5.46. The highest BCUT2D eigenvalue weighted by Gasteiger charge is 2.52. The van der Waals surface area contributed by atoms with Crippen molar-refractivity contribution in [1.29, 1.82) is 0 Å². The molecule has 1 saturated heterocycles. The second-order valence-corrected chi connectivity index (χ2v) is 7.63. The molecule has 1 aliphatic carbocycles. The van der Waals surface area contributed by atoms with Gasteiger partial charge in [-0.3, -0.25) is 0 Å². The Hall–Kier alpha value is -1.78. The molecular formula is C20H23BO3. The standard InChI is InChI=1S/C20H23BO3/c1-19(2)20(3,4)24-21(23-19)16-10-11-17(22-5)18-14-9-7-6-8-13(14)12-15(16)18/h6-11H,12H2,1-5H3. The lowest BCUT2D eigenvalue weighted by atomic mass is 9.74. The third-order valence-corrected chi connectivity index (χ3v) is 5.69. The molecule has 2 aromatic rings. The number of hydrogen-bond donors (Lipinski definition) is 0. The van der Waals surface area contributed by atoms with Crippen LogP contribution < -0.4 is 10.2 Å². The van der Waals surface area contributed by atoms with Crippen molar-refractivity contribution in [2.45, 2.75) is 45.3 Å². The predicted octanol–water partition coefficient (Wildman–Crippen LogP) is 3.57. The van der Waals surface area contributed by atoms with Gasteiger partial charge in [-0.25, -0.2) is 0 Å². The lowest BCUT2D eigenvalue weighted by Crippen LogP contribution is -2.41. The number of benzene rings is 2. The topological polar surface area (TPSA) is 27.7 Å². The summed E-state index contributed by atoms with van der Waals surface area (Å²) in [5, 5.41) is 0. The summed E-state index contributed by atoms with van der Waals surface area (Å²) in [4.78, 5) is 0. The fourth-order valence-electron chi connectivity index (χ4n) is 3.60. The summed E-state index contributed by atoms with van der Waals surface area (Å²) < 4.78 is 18.2. The Kier molecular flexibility index (Phi) is 3.35. The summed E-state index contributed by atoms with van der Waals surface area (Å²) >= 11 is 0. The number of rotatable bonds is 2. The molecule has 3 nitrogen and oxygen atoms in total. The van der Waals surface area contributed by atoms with E-state index in [4.69, 9.17) is 14.0 Å². The van der Waals surface area contributed by atoms with Crippen LogP contribution in [0.15, 0.2) is 36.4 Å². The van der Waals surface area contributed by atoms with Crippen molar-refractivity contribution in [2.24, 2.45) is 0 Å². The van der Waals surface area contributed by atoms with Crippen LogP contribution in [0.2, 0.25) is 0 Å². The number of methoxy groups -OCH3 is 1. The average molecular weight is 322 g/mol. The van der Waals surface area contributed by atoms with Crippen LogP contribution in [0.4, 0.5) is 0 Å². The zero-order chi connectivity index (χ0) is 17.1. The molecule has 0 N–H and O–H groups in total. The Morgan fingerprint density at radius 3 is 2.29 bits per heavy atom. The van der Waals surface area contributed by atoms with Crippen LogP contribution in [0.3, 0.4) is 0 Å². The van der Waals surface area contributed by atoms with Crippen LogP contribution in [-0.2, 0) is 15.7 Å². The molecule has 0 saturated carbocycles. The highest BCUT2D eigenvalue weighted by Crippen LogP contribution is 2.43. The normalized spacial score (nSPS) is 20.0. The van der Waals surface area contributed by atoms with Crippen LogP contribution in [0.5, 0.6) is 5.75 Å². The van der Waals surface area contributed by atoms with Gasteiger partial charge in [0.1, 0.15) is 5.75 Å². The van der Waals surface area contributed by atoms with Crippen LogP contribution in [-0.4, -0.2) is 25.4 Å². The molecule has 124 valence electrons. The first kappa shape index (κ1) is 15.7. The fourth-order valence-corrected chi connectivity index (χ4v) is 3.60. The number of hydrogen-bond acceptors (Lipinski definition) is 3. The van der Waals surface area contributed by atoms with Gasteiger partial charge < -0.3 is 14.0 Å². The van der Waals surface area contributed by atoms with Gasteiger partial charge in [-0.2, -0.15) is 0 Å². The van der Waals surface area contributed by atoms with Gasteiger partial charge >= 0.3 is 7.12 Å². The second kappa shape index (κ2) is 5.11. The molecule has 1 heterocycles. The first-order valence-corrected chi connectivity index (χ1v) is 8.48. The maximum Gasteiger partial charge on any atom is 0.495 e. The van der Waals surface area contributed by atoms with Crippen molar-refractivity contribution < 1.29 is 14.0 Å². The van der Waals surface area contributed by atoms with Crippen LogP contribution >= 0.6 is 0 Å². The summed E-state index contributed by atoms with van der Waals surface area (Å²) in [6.07, 6.45) is 0.891. The van der Waals surface area contributed by atoms with Gasteiger partial charge in [0.25, 0.3) is 0 Å². The highest BCUT2D eigenvalue weighted by atomic mass is 16.7. The van der Waals surface area contributed by atoms with Crippen molar-refractivity contribution >= 4 is 12.6 Å². The predicted molar refractivity (Wildman–Crippen MR) is 97.0 cm³/mol. The van der Waals surface area contributed by atoms with E-state index in [0.717, 1.165) is 17.6 Å². The molecular weight excluding hydrogens is 299 g/mol. The van der Waals surface area contributed by atoms with E-state index in [0.29, 0.717) is 0 Å². The molecule has 0 spiro atoms. The van der Waals surface area contributed by atoms with Gasteiger partial charge in [0.2, 0.25) is 0 Å². The Morgan fingerprint density at radius 2 is 1.62 bits per heavy atom. The Bertz CT molecular complexity index is 795. The number of fused-ring (bicyclic) bond motifs is 3. The van der Waals surface area contributed by atoms with E-state index < -0.39 is 0 Å². The van der Waals surface area contributed by atoms with Gasteiger partial charge in [-0.1, -0.05) is 30.3 Å². The molecule has 0 amide bonds. The molecule has 2 aromatic carbocycles. The smallest absolute Gasteiger partial charge is 0.495 e. The van der Waals surface area contributed by atoms with Crippen molar-refractivity contribution in [1.82, 2.24) is 0 Å². The number of ether oxygens (including phenoxy) is 1. The minimum atomic E-state index is -0.344. The Morgan fingerprint density at radius 1 is 0.958 bits per heavy atom. The van der Waals surface area contributed by atoms with Crippen molar-refractivity contribution in [3.8, 4) is 16.9 Å². The van der Waals surface area contributed by atoms with E-state index in [-0.39, 0.29) is 18.3 Å². The maximum absolute atomic E-state index is 6.28. The largest absolute Gasteiger partial charge is 0.496 e. The van der Waals surface area contributed by atoms with Crippen LogP contribution in [0.1, 0.15) is 38.8 Å². The molecule has 1 fully saturated rings. The molecule has 4 heteroatoms. The molecule has 0 atom stereocenters. The van der Waals surface area contributed by atoms with Gasteiger partial charge in [0.15, 0.2) is 0 Å². The first-order chi connectivity index (χ1) is 11.3. The quantitative estimate of drug-likeness (QED) is 0.675. The molecule has 4 rings (SSSR count). The molecule has 0 bridgehead atoms. The molecule has 1 aliphatic heterocycles. The molecule has 24 heavy (non-hydrogen) atoms. The van der Waals surface area contributed by atoms with E-state index in [1.54, 1.807) is 7.11 Å². The van der Waals surface area contributed by atoms with Gasteiger partial charge in [0.05, 0.1) is 18.3 Å². The first-order valence-electron chi connectivity index (χ1n) is 8.48. The van der Waals surface area contributed by atoms with E-state index in [1.807, 2.05) is 6.07 Å². The minimum absolute atomic E-state index is 0.337. The van der Waals surface area contributed by atoms with Crippen molar-refractivity contribution in [3.63, 3.8) is 0 Å². The van der Waals surface area contributed by atoms with E-state index in [2.05, 4.69) is 58.0 Å². The molecule has 0 aromatic heterocycles. The molecule has 0 radical (unpaired) electrons. The van der Waals surface area contributed by atoms with E-state index in [9.17, 15) is 0 Å². The van der Waals surface area contributed by atoms with Crippen LogP contribution in [0, 0.1) is 0 Å². The Balaban J connectivity index is 1.84. The third kappa shape index (κ3) is 2.13. The SMILES string of the molecule is COc1ccc(B2OC(C)(C)C(C)(C)O2)c2c1-c1ccccc1C2. The monoisotopic (exact) mass is 322 g/mol. The Labute approximate surface area is 144 Å². The van der Waals surface area contributed by atoms with Gasteiger partial charge in [0, 0.05) is 5.56 Å². The van der Waals surface area contributed by atoms with Crippen molar-refractivity contribution in [3.05, 3.63) is 47.5 Å². The van der Waals surface area contributed by atoms with E-state index >= 15 is 0 Å². The average Bonchev–Trinajstić information content (AvgIpc) is 3.01. The van der Waals surface area contributed by atoms with Crippen molar-refractivity contribution in [2.75, 3.05) is 7.11 Å². The summed E-state index contributed by atoms with van der Waals surface area (Å²) in [7, 11) is 1.38. The minimum Gasteiger partial charge on any atom is -0.496 e. The molecule has 2 aliphatic rings. The highest BCUT2D eigenvalue weighted by molar-refractivity contribution is 6.63. The lowest BCUT2D eigenvalue weighted by Gasteiger charge is -2.32. The lowest BCUT2D eigenvalue weighted by molar-refractivity contribution is 0.00578. The van der Waals surface area contributed by atoms with Crippen LogP contribution in [0.25, 0.3) is 11.1 Å². The van der Waals surface area contributed by atoms with E-state index in [1.165, 1.54) is 22.3 Å². The second-order valence-electron chi connectivity index (χ2n) is 7.63. The summed E-state index contributed by atoms with van der Waals surface area (Å²) in [5.74, 6) is 0.912. The third-order valence-electron chi connectivity index (χ3n) is 5.69. The summed E-state index contributed by atoms with van der Waals surface area (Å²) in [6, 6.07) is 12.6. The van der Waals surface area contributed by atoms with Gasteiger partial charge in [-0.15, -0.1) is 0 Å². The molecule has 0 unspecified atom stereocenters. The zero-order valence-electron chi connectivity index (χ0n) is 15.0. The zero-order valence-corrected chi connectivity index (χ0v) is 15.0. The summed E-state index contributed by atoms with van der Waals surface area (Å²) in [6.45, 7) is 8.36.